The van der Waals surface area contributed by atoms with Crippen molar-refractivity contribution in [2.45, 2.75) is 44.8 Å². The molecule has 2 unspecified atom stereocenters. The molecule has 1 aromatic heterocycles. The average molecular weight is 326 g/mol. The summed E-state index contributed by atoms with van der Waals surface area (Å²) in [5, 5.41) is 13.9. The summed E-state index contributed by atoms with van der Waals surface area (Å²) in [6, 6.07) is 10.3. The van der Waals surface area contributed by atoms with Gasteiger partial charge in [-0.1, -0.05) is 32.0 Å². The van der Waals surface area contributed by atoms with Crippen LogP contribution >= 0.6 is 0 Å². The Hall–Kier alpha value is -1.91. The summed E-state index contributed by atoms with van der Waals surface area (Å²) < 4.78 is 6.05. The highest BCUT2D eigenvalue weighted by Crippen LogP contribution is 2.37. The lowest BCUT2D eigenvalue weighted by Crippen LogP contribution is -2.26. The molecule has 0 radical (unpaired) electrons. The number of pyridine rings is 1. The van der Waals surface area contributed by atoms with Crippen molar-refractivity contribution in [3.63, 3.8) is 0 Å². The number of hydrogen-bond donors (Lipinski definition) is 2. The van der Waals surface area contributed by atoms with E-state index in [4.69, 9.17) is 4.74 Å². The van der Waals surface area contributed by atoms with E-state index in [0.717, 1.165) is 30.8 Å². The Balaban J connectivity index is 1.76. The van der Waals surface area contributed by atoms with E-state index < -0.39 is 6.10 Å². The molecule has 4 heteroatoms. The van der Waals surface area contributed by atoms with Crippen molar-refractivity contribution in [3.8, 4) is 5.75 Å². The monoisotopic (exact) mass is 326 g/mol. The number of ether oxygens (including phenoxy) is 1. The minimum absolute atomic E-state index is 0.206. The fraction of sp³-hybridized carbons (Fsp3) is 0.450. The second-order valence-corrected chi connectivity index (χ2v) is 6.67. The molecule has 2 atom stereocenters. The molecule has 2 aromatic rings. The lowest BCUT2D eigenvalue weighted by molar-refractivity contribution is 0.169. The van der Waals surface area contributed by atoms with Gasteiger partial charge in [0.2, 0.25) is 0 Å². The first kappa shape index (κ1) is 16.9. The molecule has 128 valence electrons. The molecule has 3 rings (SSSR count). The number of aromatic nitrogens is 1. The zero-order chi connectivity index (χ0) is 16.9. The minimum Gasteiger partial charge on any atom is -0.493 e. The second-order valence-electron chi connectivity index (χ2n) is 6.67. The number of hydrogen-bond acceptors (Lipinski definition) is 4. The number of nitrogens with one attached hydrogen (secondary N) is 1. The number of fused-ring (bicyclic) bond motifs is 1. The summed E-state index contributed by atoms with van der Waals surface area (Å²) in [6.07, 6.45) is 4.91. The van der Waals surface area contributed by atoms with Crippen LogP contribution < -0.4 is 10.1 Å². The zero-order valence-corrected chi connectivity index (χ0v) is 14.4. The third-order valence-corrected chi connectivity index (χ3v) is 4.61. The van der Waals surface area contributed by atoms with E-state index in [-0.39, 0.29) is 6.04 Å². The van der Waals surface area contributed by atoms with Crippen LogP contribution in [0, 0.1) is 0 Å². The van der Waals surface area contributed by atoms with E-state index in [9.17, 15) is 5.11 Å². The van der Waals surface area contributed by atoms with Crippen molar-refractivity contribution in [1.29, 1.82) is 0 Å². The number of para-hydroxylation sites is 1. The van der Waals surface area contributed by atoms with Crippen molar-refractivity contribution in [2.24, 2.45) is 0 Å². The van der Waals surface area contributed by atoms with Gasteiger partial charge >= 0.3 is 0 Å². The van der Waals surface area contributed by atoms with E-state index in [1.165, 1.54) is 11.1 Å². The van der Waals surface area contributed by atoms with Crippen LogP contribution in [-0.2, 0) is 0 Å². The summed E-state index contributed by atoms with van der Waals surface area (Å²) >= 11 is 0. The molecular weight excluding hydrogens is 300 g/mol. The van der Waals surface area contributed by atoms with Crippen LogP contribution in [0.25, 0.3) is 0 Å². The van der Waals surface area contributed by atoms with Gasteiger partial charge in [-0.05, 0) is 42.0 Å². The van der Waals surface area contributed by atoms with Crippen LogP contribution in [-0.4, -0.2) is 23.2 Å². The molecule has 0 aliphatic carbocycles. The van der Waals surface area contributed by atoms with Gasteiger partial charge < -0.3 is 15.2 Å². The molecule has 0 saturated carbocycles. The molecule has 0 fully saturated rings. The van der Waals surface area contributed by atoms with Crippen molar-refractivity contribution < 1.29 is 9.84 Å². The topological polar surface area (TPSA) is 54.4 Å². The summed E-state index contributed by atoms with van der Waals surface area (Å²) in [5.74, 6) is 1.46. The standard InChI is InChI=1S/C20H26N2O2/c1-14(2)16-5-3-6-17-18(7-4-12-24-20(16)17)22-13-19(23)15-8-10-21-11-9-15/h3,5-6,8-11,14,18-19,22-23H,4,7,12-13H2,1-2H3. The Labute approximate surface area is 143 Å². The van der Waals surface area contributed by atoms with Gasteiger partial charge in [-0.2, -0.15) is 0 Å². The first-order chi connectivity index (χ1) is 11.7. The Bertz CT molecular complexity index is 658. The Morgan fingerprint density at radius 2 is 2.04 bits per heavy atom. The summed E-state index contributed by atoms with van der Waals surface area (Å²) in [6.45, 7) is 5.65. The number of rotatable bonds is 5. The van der Waals surface area contributed by atoms with E-state index in [1.54, 1.807) is 12.4 Å². The molecule has 1 aliphatic rings. The van der Waals surface area contributed by atoms with Gasteiger partial charge in [0.25, 0.3) is 0 Å². The molecule has 0 amide bonds. The van der Waals surface area contributed by atoms with Gasteiger partial charge in [-0.3, -0.25) is 4.98 Å². The van der Waals surface area contributed by atoms with Gasteiger partial charge in [0.1, 0.15) is 5.75 Å². The van der Waals surface area contributed by atoms with Crippen LogP contribution in [0.1, 0.15) is 61.4 Å². The molecule has 0 bridgehead atoms. The Kier molecular flexibility index (Phi) is 5.48. The van der Waals surface area contributed by atoms with Crippen molar-refractivity contribution in [3.05, 3.63) is 59.4 Å². The normalized spacial score (nSPS) is 18.6. The highest BCUT2D eigenvalue weighted by molar-refractivity contribution is 5.45. The molecule has 2 N–H and O–H groups in total. The van der Waals surface area contributed by atoms with Crippen LogP contribution in [0.4, 0.5) is 0 Å². The maximum Gasteiger partial charge on any atom is 0.127 e. The van der Waals surface area contributed by atoms with Gasteiger partial charge in [-0.15, -0.1) is 0 Å². The smallest absolute Gasteiger partial charge is 0.127 e. The first-order valence-electron chi connectivity index (χ1n) is 8.73. The molecule has 1 aliphatic heterocycles. The summed E-state index contributed by atoms with van der Waals surface area (Å²) in [4.78, 5) is 4.00. The highest BCUT2D eigenvalue weighted by atomic mass is 16.5. The van der Waals surface area contributed by atoms with Crippen LogP contribution in [0.2, 0.25) is 0 Å². The predicted molar refractivity (Wildman–Crippen MR) is 95.2 cm³/mol. The first-order valence-corrected chi connectivity index (χ1v) is 8.73. The largest absolute Gasteiger partial charge is 0.493 e. The SMILES string of the molecule is CC(C)c1cccc2c1OCCCC2NCC(O)c1ccncc1. The summed E-state index contributed by atoms with van der Waals surface area (Å²) in [5.41, 5.74) is 3.36. The quantitative estimate of drug-likeness (QED) is 0.879. The maximum atomic E-state index is 10.4. The van der Waals surface area contributed by atoms with Gasteiger partial charge in [0.15, 0.2) is 0 Å². The average Bonchev–Trinajstić information content (AvgIpc) is 2.82. The third kappa shape index (κ3) is 3.77. The number of nitrogens with zero attached hydrogens (tertiary/aromatic N) is 1. The fourth-order valence-electron chi connectivity index (χ4n) is 3.26. The zero-order valence-electron chi connectivity index (χ0n) is 14.4. The maximum absolute atomic E-state index is 10.4. The molecule has 1 aromatic carbocycles. The molecule has 2 heterocycles. The number of aliphatic hydroxyl groups excluding tert-OH is 1. The third-order valence-electron chi connectivity index (χ3n) is 4.61. The molecule has 0 spiro atoms. The van der Waals surface area contributed by atoms with E-state index in [2.05, 4.69) is 42.3 Å². The molecule has 4 nitrogen and oxygen atoms in total. The predicted octanol–water partition coefficient (Wildman–Crippen LogP) is 3.74. The molecule has 24 heavy (non-hydrogen) atoms. The Morgan fingerprint density at radius 1 is 1.25 bits per heavy atom. The summed E-state index contributed by atoms with van der Waals surface area (Å²) in [7, 11) is 0. The molecular formula is C20H26N2O2. The lowest BCUT2D eigenvalue weighted by Gasteiger charge is -2.22. The van der Waals surface area contributed by atoms with Crippen LogP contribution in [0.15, 0.2) is 42.7 Å². The second kappa shape index (κ2) is 7.77. The lowest BCUT2D eigenvalue weighted by atomic mass is 9.94. The van der Waals surface area contributed by atoms with Crippen molar-refractivity contribution in [2.75, 3.05) is 13.2 Å². The van der Waals surface area contributed by atoms with Crippen molar-refractivity contribution >= 4 is 0 Å². The van der Waals surface area contributed by atoms with Gasteiger partial charge in [-0.25, -0.2) is 0 Å². The molecule has 0 saturated heterocycles. The number of aliphatic hydroxyl groups is 1. The van der Waals surface area contributed by atoms with Gasteiger partial charge in [0, 0.05) is 30.5 Å². The van der Waals surface area contributed by atoms with E-state index in [1.807, 2.05) is 12.1 Å². The Morgan fingerprint density at radius 3 is 2.79 bits per heavy atom. The van der Waals surface area contributed by atoms with E-state index in [0.29, 0.717) is 12.5 Å². The highest BCUT2D eigenvalue weighted by Gasteiger charge is 2.23. The van der Waals surface area contributed by atoms with Crippen LogP contribution in [0.3, 0.4) is 0 Å². The van der Waals surface area contributed by atoms with Crippen LogP contribution in [0.5, 0.6) is 5.75 Å². The fourth-order valence-corrected chi connectivity index (χ4v) is 3.26. The van der Waals surface area contributed by atoms with Crippen molar-refractivity contribution in [1.82, 2.24) is 10.3 Å². The van der Waals surface area contributed by atoms with Gasteiger partial charge in [0.05, 0.1) is 12.7 Å². The van der Waals surface area contributed by atoms with E-state index >= 15 is 0 Å². The minimum atomic E-state index is -0.533. The number of benzene rings is 1.